The topological polar surface area (TPSA) is 75.3 Å². The lowest BCUT2D eigenvalue weighted by molar-refractivity contribution is 0.0946. The fourth-order valence-corrected chi connectivity index (χ4v) is 3.89. The molecule has 8 heteroatoms. The first-order valence-corrected chi connectivity index (χ1v) is 9.15. The predicted octanol–water partition coefficient (Wildman–Crippen LogP) is 1.66. The van der Waals surface area contributed by atoms with Crippen LogP contribution in [-0.2, 0) is 10.0 Å². The van der Waals surface area contributed by atoms with Crippen LogP contribution in [0.15, 0.2) is 18.2 Å². The number of amides is 1. The van der Waals surface area contributed by atoms with Gasteiger partial charge in [0.15, 0.2) is 0 Å². The van der Waals surface area contributed by atoms with Crippen LogP contribution < -0.4 is 10.0 Å². The summed E-state index contributed by atoms with van der Waals surface area (Å²) >= 11 is 0. The van der Waals surface area contributed by atoms with Crippen molar-refractivity contribution < 1.29 is 22.0 Å². The molecule has 1 amide bonds. The van der Waals surface area contributed by atoms with Crippen molar-refractivity contribution in [3.05, 3.63) is 35.4 Å². The zero-order valence-corrected chi connectivity index (χ0v) is 13.6. The molecule has 1 aliphatic carbocycles. The van der Waals surface area contributed by atoms with Crippen LogP contribution in [0.3, 0.4) is 0 Å². The number of nitrogens with one attached hydrogen (secondary N) is 2. The molecule has 0 aromatic heterocycles. The molecule has 1 aliphatic rings. The SMILES string of the molecule is CC(CS(=O)(=O)NCCNC(=O)c1c(F)cccc1F)C1CC1. The van der Waals surface area contributed by atoms with E-state index in [1.807, 2.05) is 6.92 Å². The first-order valence-electron chi connectivity index (χ1n) is 7.49. The molecule has 1 aromatic carbocycles. The van der Waals surface area contributed by atoms with E-state index in [2.05, 4.69) is 10.0 Å². The molecule has 5 nitrogen and oxygen atoms in total. The van der Waals surface area contributed by atoms with Gasteiger partial charge in [0.25, 0.3) is 5.91 Å². The van der Waals surface area contributed by atoms with E-state index in [0.29, 0.717) is 5.92 Å². The minimum absolute atomic E-state index is 0.0263. The summed E-state index contributed by atoms with van der Waals surface area (Å²) < 4.78 is 52.9. The van der Waals surface area contributed by atoms with Crippen LogP contribution in [0.2, 0.25) is 0 Å². The second-order valence-electron chi connectivity index (χ2n) is 5.84. The van der Waals surface area contributed by atoms with Gasteiger partial charge in [-0.3, -0.25) is 4.79 Å². The number of carbonyl (C=O) groups is 1. The van der Waals surface area contributed by atoms with Gasteiger partial charge < -0.3 is 5.32 Å². The first kappa shape index (κ1) is 17.8. The molecule has 0 spiro atoms. The normalized spacial score (nSPS) is 16.1. The van der Waals surface area contributed by atoms with E-state index < -0.39 is 33.1 Å². The van der Waals surface area contributed by atoms with E-state index >= 15 is 0 Å². The number of hydrogen-bond donors (Lipinski definition) is 2. The van der Waals surface area contributed by atoms with Crippen LogP contribution in [0, 0.1) is 23.5 Å². The summed E-state index contributed by atoms with van der Waals surface area (Å²) in [6.45, 7) is 1.82. The van der Waals surface area contributed by atoms with Gasteiger partial charge in [-0.15, -0.1) is 0 Å². The smallest absolute Gasteiger partial charge is 0.257 e. The van der Waals surface area contributed by atoms with Gasteiger partial charge >= 0.3 is 0 Å². The van der Waals surface area contributed by atoms with Gasteiger partial charge in [-0.05, 0) is 36.8 Å². The lowest BCUT2D eigenvalue weighted by Gasteiger charge is -2.12. The van der Waals surface area contributed by atoms with Crippen molar-refractivity contribution in [3.63, 3.8) is 0 Å². The van der Waals surface area contributed by atoms with E-state index in [4.69, 9.17) is 0 Å². The Labute approximate surface area is 134 Å². The van der Waals surface area contributed by atoms with Crippen molar-refractivity contribution in [1.29, 1.82) is 0 Å². The number of rotatable bonds is 8. The molecule has 128 valence electrons. The molecule has 0 radical (unpaired) electrons. The Morgan fingerprint density at radius 2 is 1.87 bits per heavy atom. The highest BCUT2D eigenvalue weighted by Gasteiger charge is 2.31. The average Bonchev–Trinajstić information content (AvgIpc) is 3.27. The summed E-state index contributed by atoms with van der Waals surface area (Å²) in [7, 11) is -3.41. The monoisotopic (exact) mass is 346 g/mol. The molecular formula is C15H20F2N2O3S. The highest BCUT2D eigenvalue weighted by molar-refractivity contribution is 7.89. The number of carbonyl (C=O) groups excluding carboxylic acids is 1. The van der Waals surface area contributed by atoms with Crippen LogP contribution >= 0.6 is 0 Å². The van der Waals surface area contributed by atoms with Crippen LogP contribution in [0.25, 0.3) is 0 Å². The molecular weight excluding hydrogens is 326 g/mol. The summed E-state index contributed by atoms with van der Waals surface area (Å²) in [6, 6.07) is 3.14. The number of hydrogen-bond acceptors (Lipinski definition) is 3. The van der Waals surface area contributed by atoms with E-state index in [9.17, 15) is 22.0 Å². The number of halogens is 2. The molecule has 1 saturated carbocycles. The summed E-state index contributed by atoms with van der Waals surface area (Å²) in [5, 5.41) is 2.30. The Bertz CT molecular complexity index is 655. The molecule has 1 unspecified atom stereocenters. The van der Waals surface area contributed by atoms with E-state index in [-0.39, 0.29) is 24.8 Å². The predicted molar refractivity (Wildman–Crippen MR) is 82.4 cm³/mol. The van der Waals surface area contributed by atoms with Gasteiger partial charge in [0.05, 0.1) is 5.75 Å². The third-order valence-corrected chi connectivity index (χ3v) is 5.44. The van der Waals surface area contributed by atoms with Crippen molar-refractivity contribution in [3.8, 4) is 0 Å². The van der Waals surface area contributed by atoms with Crippen molar-refractivity contribution in [2.45, 2.75) is 19.8 Å². The van der Waals surface area contributed by atoms with E-state index in [1.54, 1.807) is 0 Å². The molecule has 2 N–H and O–H groups in total. The molecule has 23 heavy (non-hydrogen) atoms. The van der Waals surface area contributed by atoms with Gasteiger partial charge in [0, 0.05) is 13.1 Å². The summed E-state index contributed by atoms with van der Waals surface area (Å²) in [5.41, 5.74) is -0.669. The van der Waals surface area contributed by atoms with Gasteiger partial charge in [-0.2, -0.15) is 0 Å². The lowest BCUT2D eigenvalue weighted by atomic mass is 10.1. The van der Waals surface area contributed by atoms with E-state index in [1.165, 1.54) is 0 Å². The Balaban J connectivity index is 1.77. The molecule has 2 rings (SSSR count). The zero-order chi connectivity index (χ0) is 17.0. The summed E-state index contributed by atoms with van der Waals surface area (Å²) in [4.78, 5) is 11.7. The fraction of sp³-hybridized carbons (Fsp3) is 0.533. The van der Waals surface area contributed by atoms with Gasteiger partial charge in [0.1, 0.15) is 17.2 Å². The maximum absolute atomic E-state index is 13.4. The Kier molecular flexibility index (Phi) is 5.69. The van der Waals surface area contributed by atoms with Gasteiger partial charge in [-0.25, -0.2) is 21.9 Å². The maximum Gasteiger partial charge on any atom is 0.257 e. The molecule has 1 aromatic rings. The largest absolute Gasteiger partial charge is 0.351 e. The number of benzene rings is 1. The van der Waals surface area contributed by atoms with Crippen molar-refractivity contribution in [2.75, 3.05) is 18.8 Å². The second-order valence-corrected chi connectivity index (χ2v) is 7.69. The average molecular weight is 346 g/mol. The zero-order valence-electron chi connectivity index (χ0n) is 12.8. The standard InChI is InChI=1S/C15H20F2N2O3S/c1-10(11-5-6-11)9-23(21,22)19-8-7-18-15(20)14-12(16)3-2-4-13(14)17/h2-4,10-11,19H,5-9H2,1H3,(H,18,20). The quantitative estimate of drug-likeness (QED) is 0.703. The summed E-state index contributed by atoms with van der Waals surface area (Å²) in [6.07, 6.45) is 2.14. The van der Waals surface area contributed by atoms with Gasteiger partial charge in [-0.1, -0.05) is 13.0 Å². The highest BCUT2D eigenvalue weighted by atomic mass is 32.2. The van der Waals surface area contributed by atoms with Crippen molar-refractivity contribution in [2.24, 2.45) is 11.8 Å². The third kappa shape index (κ3) is 5.24. The van der Waals surface area contributed by atoms with Crippen LogP contribution in [0.4, 0.5) is 8.78 Å². The minimum atomic E-state index is -3.41. The van der Waals surface area contributed by atoms with Crippen molar-refractivity contribution in [1.82, 2.24) is 10.0 Å². The van der Waals surface area contributed by atoms with Crippen LogP contribution in [0.1, 0.15) is 30.1 Å². The first-order chi connectivity index (χ1) is 10.8. The minimum Gasteiger partial charge on any atom is -0.351 e. The Hall–Kier alpha value is -1.54. The molecule has 1 fully saturated rings. The molecule has 0 saturated heterocycles. The molecule has 0 bridgehead atoms. The van der Waals surface area contributed by atoms with E-state index in [0.717, 1.165) is 31.0 Å². The number of sulfonamides is 1. The lowest BCUT2D eigenvalue weighted by Crippen LogP contribution is -2.37. The molecule has 0 heterocycles. The van der Waals surface area contributed by atoms with Crippen LogP contribution in [0.5, 0.6) is 0 Å². The Morgan fingerprint density at radius 3 is 2.43 bits per heavy atom. The second kappa shape index (κ2) is 7.35. The Morgan fingerprint density at radius 1 is 1.26 bits per heavy atom. The molecule has 0 aliphatic heterocycles. The summed E-state index contributed by atoms with van der Waals surface area (Å²) in [5.74, 6) is -2.19. The van der Waals surface area contributed by atoms with Gasteiger partial charge in [0.2, 0.25) is 10.0 Å². The maximum atomic E-state index is 13.4. The third-order valence-electron chi connectivity index (χ3n) is 3.83. The molecule has 1 atom stereocenters. The highest BCUT2D eigenvalue weighted by Crippen LogP contribution is 2.36. The van der Waals surface area contributed by atoms with Crippen molar-refractivity contribution >= 4 is 15.9 Å². The fourth-order valence-electron chi connectivity index (χ4n) is 2.39. The van der Waals surface area contributed by atoms with Crippen LogP contribution in [-0.4, -0.2) is 33.2 Å².